The van der Waals surface area contributed by atoms with Crippen molar-refractivity contribution in [3.63, 3.8) is 0 Å². The van der Waals surface area contributed by atoms with Crippen LogP contribution in [0.15, 0.2) is 109 Å². The van der Waals surface area contributed by atoms with Crippen molar-refractivity contribution in [1.29, 1.82) is 0 Å². The molecule has 0 saturated heterocycles. The fraction of sp³-hybridized carbons (Fsp3) is 0.0588. The second-order valence-electron chi connectivity index (χ2n) is 9.98. The fourth-order valence-corrected chi connectivity index (χ4v) is 6.23. The van der Waals surface area contributed by atoms with E-state index in [4.69, 9.17) is 0 Å². The maximum absolute atomic E-state index is 2.35. The molecule has 0 spiro atoms. The summed E-state index contributed by atoms with van der Waals surface area (Å²) in [6, 6.07) is 40.3. The topological polar surface area (TPSA) is 9.86 Å². The lowest BCUT2D eigenvalue weighted by Gasteiger charge is -2.07. The molecule has 0 atom stereocenters. The lowest BCUT2D eigenvalue weighted by atomic mass is 9.98. The van der Waals surface area contributed by atoms with Gasteiger partial charge in [-0.25, -0.2) is 0 Å². The predicted octanol–water partition coefficient (Wildman–Crippen LogP) is 8.95. The first-order chi connectivity index (χ1) is 17.7. The molecule has 0 unspecified atom stereocenters. The van der Waals surface area contributed by atoms with E-state index >= 15 is 0 Å². The molecule has 2 heterocycles. The SMILES string of the molecule is Cn1c2ccccc2c2cc3ccc(-c4ccc5c6c7ccccc7ccc6n(C)c5c4)cc3cc21. The molecule has 8 aromatic rings. The van der Waals surface area contributed by atoms with E-state index in [2.05, 4.69) is 132 Å². The van der Waals surface area contributed by atoms with Gasteiger partial charge >= 0.3 is 0 Å². The Labute approximate surface area is 208 Å². The maximum atomic E-state index is 2.35. The second-order valence-corrected chi connectivity index (χ2v) is 9.98. The number of fused-ring (bicyclic) bond motifs is 9. The van der Waals surface area contributed by atoms with Crippen LogP contribution in [0.3, 0.4) is 0 Å². The normalized spacial score (nSPS) is 12.2. The molecule has 0 aliphatic rings. The molecule has 0 saturated carbocycles. The zero-order valence-corrected chi connectivity index (χ0v) is 20.3. The maximum Gasteiger partial charge on any atom is 0.0495 e. The van der Waals surface area contributed by atoms with Gasteiger partial charge in [-0.05, 0) is 69.1 Å². The highest BCUT2D eigenvalue weighted by molar-refractivity contribution is 6.21. The Morgan fingerprint density at radius 2 is 1.08 bits per heavy atom. The zero-order valence-electron chi connectivity index (χ0n) is 20.3. The van der Waals surface area contributed by atoms with Gasteiger partial charge in [0.15, 0.2) is 0 Å². The van der Waals surface area contributed by atoms with Crippen LogP contribution >= 0.6 is 0 Å². The van der Waals surface area contributed by atoms with Crippen LogP contribution in [0, 0.1) is 0 Å². The van der Waals surface area contributed by atoms with Crippen LogP contribution in [0.25, 0.3) is 76.3 Å². The first kappa shape index (κ1) is 19.7. The fourth-order valence-electron chi connectivity index (χ4n) is 6.23. The monoisotopic (exact) mass is 460 g/mol. The third kappa shape index (κ3) is 2.56. The highest BCUT2D eigenvalue weighted by Gasteiger charge is 2.13. The van der Waals surface area contributed by atoms with Crippen LogP contribution in [0.2, 0.25) is 0 Å². The predicted molar refractivity (Wildman–Crippen MR) is 155 cm³/mol. The van der Waals surface area contributed by atoms with Gasteiger partial charge in [-0.2, -0.15) is 0 Å². The number of hydrogen-bond acceptors (Lipinski definition) is 0. The summed E-state index contributed by atoms with van der Waals surface area (Å²) < 4.78 is 4.64. The third-order valence-electron chi connectivity index (χ3n) is 8.10. The summed E-state index contributed by atoms with van der Waals surface area (Å²) in [6.07, 6.45) is 0. The van der Waals surface area contributed by atoms with Crippen molar-refractivity contribution in [2.45, 2.75) is 0 Å². The highest BCUT2D eigenvalue weighted by atomic mass is 14.9. The Kier molecular flexibility index (Phi) is 3.83. The summed E-state index contributed by atoms with van der Waals surface area (Å²) in [5, 5.41) is 10.4. The van der Waals surface area contributed by atoms with Gasteiger partial charge in [0, 0.05) is 57.7 Å². The molecule has 0 bridgehead atoms. The minimum atomic E-state index is 1.25. The molecule has 6 aromatic carbocycles. The Morgan fingerprint density at radius 1 is 0.389 bits per heavy atom. The molecular weight excluding hydrogens is 436 g/mol. The molecule has 36 heavy (non-hydrogen) atoms. The quantitative estimate of drug-likeness (QED) is 0.231. The van der Waals surface area contributed by atoms with Crippen LogP contribution in [-0.2, 0) is 14.1 Å². The number of rotatable bonds is 1. The average molecular weight is 461 g/mol. The summed E-state index contributed by atoms with van der Waals surface area (Å²) in [4.78, 5) is 0. The van der Waals surface area contributed by atoms with E-state index in [9.17, 15) is 0 Å². The summed E-state index contributed by atoms with van der Waals surface area (Å²) in [5.74, 6) is 0. The van der Waals surface area contributed by atoms with Crippen LogP contribution in [0.5, 0.6) is 0 Å². The van der Waals surface area contributed by atoms with Crippen molar-refractivity contribution in [2.75, 3.05) is 0 Å². The summed E-state index contributed by atoms with van der Waals surface area (Å²) in [7, 11) is 4.35. The van der Waals surface area contributed by atoms with E-state index in [1.165, 1.54) is 76.3 Å². The molecule has 2 nitrogen and oxygen atoms in total. The van der Waals surface area contributed by atoms with E-state index < -0.39 is 0 Å². The Bertz CT molecular complexity index is 2170. The van der Waals surface area contributed by atoms with E-state index in [1.54, 1.807) is 0 Å². The van der Waals surface area contributed by atoms with Crippen LogP contribution in [0.1, 0.15) is 0 Å². The number of benzene rings is 6. The van der Waals surface area contributed by atoms with Crippen molar-refractivity contribution >= 4 is 65.2 Å². The van der Waals surface area contributed by atoms with Crippen LogP contribution < -0.4 is 0 Å². The standard InChI is InChI=1S/C34H24N2/c1-35-30-10-6-5-9-27(30)29-18-23-12-11-22(17-25(23)20-33(29)35)24-13-15-28-32(19-24)36(2)31-16-14-21-7-3-4-8-26(21)34(28)31/h3-20H,1-2H3. The summed E-state index contributed by atoms with van der Waals surface area (Å²) in [5.41, 5.74) is 7.59. The van der Waals surface area contributed by atoms with Gasteiger partial charge in [-0.3, -0.25) is 0 Å². The zero-order chi connectivity index (χ0) is 24.0. The highest BCUT2D eigenvalue weighted by Crippen LogP contribution is 2.37. The molecule has 0 aliphatic carbocycles. The van der Waals surface area contributed by atoms with Crippen molar-refractivity contribution in [3.8, 4) is 11.1 Å². The van der Waals surface area contributed by atoms with Gasteiger partial charge in [-0.15, -0.1) is 0 Å². The molecule has 2 aromatic heterocycles. The smallest absolute Gasteiger partial charge is 0.0495 e. The Morgan fingerprint density at radius 3 is 2.00 bits per heavy atom. The lowest BCUT2D eigenvalue weighted by molar-refractivity contribution is 1.01. The molecule has 0 aliphatic heterocycles. The van der Waals surface area contributed by atoms with E-state index in [1.807, 2.05) is 0 Å². The van der Waals surface area contributed by atoms with Crippen molar-refractivity contribution in [1.82, 2.24) is 9.13 Å². The molecule has 0 radical (unpaired) electrons. The number of nitrogens with zero attached hydrogens (tertiary/aromatic N) is 2. The minimum Gasteiger partial charge on any atom is -0.344 e. The van der Waals surface area contributed by atoms with Crippen LogP contribution in [0.4, 0.5) is 0 Å². The third-order valence-corrected chi connectivity index (χ3v) is 8.10. The Hall–Kier alpha value is -4.56. The van der Waals surface area contributed by atoms with Gasteiger partial charge < -0.3 is 9.13 Å². The van der Waals surface area contributed by atoms with Crippen LogP contribution in [-0.4, -0.2) is 9.13 Å². The number of para-hydroxylation sites is 1. The van der Waals surface area contributed by atoms with Gasteiger partial charge in [-0.1, -0.05) is 72.8 Å². The molecule has 170 valence electrons. The molecular formula is C34H24N2. The molecule has 0 fully saturated rings. The van der Waals surface area contributed by atoms with E-state index in [0.29, 0.717) is 0 Å². The van der Waals surface area contributed by atoms with Crippen molar-refractivity contribution < 1.29 is 0 Å². The second kappa shape index (κ2) is 6.99. The summed E-state index contributed by atoms with van der Waals surface area (Å²) >= 11 is 0. The number of aromatic nitrogens is 2. The lowest BCUT2D eigenvalue weighted by Crippen LogP contribution is -1.88. The largest absolute Gasteiger partial charge is 0.344 e. The minimum absolute atomic E-state index is 1.25. The van der Waals surface area contributed by atoms with Gasteiger partial charge in [0.2, 0.25) is 0 Å². The average Bonchev–Trinajstić information content (AvgIpc) is 3.38. The molecule has 8 rings (SSSR count). The number of hydrogen-bond donors (Lipinski definition) is 0. The molecule has 0 amide bonds. The first-order valence-electron chi connectivity index (χ1n) is 12.5. The molecule has 2 heteroatoms. The Balaban J connectivity index is 1.35. The van der Waals surface area contributed by atoms with E-state index in [-0.39, 0.29) is 0 Å². The molecule has 0 N–H and O–H groups in total. The van der Waals surface area contributed by atoms with E-state index in [0.717, 1.165) is 0 Å². The number of aryl methyl sites for hydroxylation is 2. The summed E-state index contributed by atoms with van der Waals surface area (Å²) in [6.45, 7) is 0. The first-order valence-corrected chi connectivity index (χ1v) is 12.5. The van der Waals surface area contributed by atoms with Gasteiger partial charge in [0.1, 0.15) is 0 Å². The van der Waals surface area contributed by atoms with Gasteiger partial charge in [0.05, 0.1) is 0 Å². The van der Waals surface area contributed by atoms with Crippen molar-refractivity contribution in [3.05, 3.63) is 109 Å². The van der Waals surface area contributed by atoms with Crippen molar-refractivity contribution in [2.24, 2.45) is 14.1 Å². The van der Waals surface area contributed by atoms with Gasteiger partial charge in [0.25, 0.3) is 0 Å².